The number of unbranched alkanes of at least 4 members (excludes halogenated alkanes) is 9. The summed E-state index contributed by atoms with van der Waals surface area (Å²) in [6, 6.07) is 66.7. The van der Waals surface area contributed by atoms with E-state index in [4.69, 9.17) is 28.4 Å². The van der Waals surface area contributed by atoms with E-state index in [1.807, 2.05) is 182 Å². The summed E-state index contributed by atoms with van der Waals surface area (Å²) in [5, 5.41) is 6.27. The molecule has 8 rings (SSSR count). The van der Waals surface area contributed by atoms with Gasteiger partial charge in [0.15, 0.2) is 23.0 Å². The molecule has 10 nitrogen and oxygen atoms in total. The van der Waals surface area contributed by atoms with Gasteiger partial charge in [0.2, 0.25) is 11.5 Å². The van der Waals surface area contributed by atoms with Crippen molar-refractivity contribution in [2.75, 3.05) is 13.1 Å². The van der Waals surface area contributed by atoms with Gasteiger partial charge in [-0.1, -0.05) is 233 Å². The Kier molecular flexibility index (Phi) is 22.5. The number of carbonyl (C=O) groups is 2. The van der Waals surface area contributed by atoms with E-state index in [1.54, 1.807) is 24.3 Å². The highest BCUT2D eigenvalue weighted by Gasteiger charge is 2.22. The highest BCUT2D eigenvalue weighted by atomic mass is 16.5. The zero-order valence-electron chi connectivity index (χ0n) is 44.6. The number of nitrogens with one attached hydrogen (secondary N) is 2. The van der Waals surface area contributed by atoms with Crippen molar-refractivity contribution in [2.45, 2.75) is 104 Å². The molecule has 0 aliphatic carbocycles. The van der Waals surface area contributed by atoms with Crippen molar-refractivity contribution in [3.63, 3.8) is 0 Å². The van der Waals surface area contributed by atoms with Crippen molar-refractivity contribution in [1.82, 2.24) is 10.6 Å². The minimum absolute atomic E-state index is 0.186. The summed E-state index contributed by atoms with van der Waals surface area (Å²) in [5.74, 6) is 2.31. The third-order valence-electron chi connectivity index (χ3n) is 13.1. The minimum atomic E-state index is -0.186. The van der Waals surface area contributed by atoms with E-state index in [0.29, 0.717) is 98.4 Å². The van der Waals surface area contributed by atoms with Crippen LogP contribution >= 0.6 is 0 Å². The average Bonchev–Trinajstić information content (AvgIpc) is 3.55. The molecule has 0 bridgehead atoms. The monoisotopic (exact) mass is 1040 g/mol. The van der Waals surface area contributed by atoms with Gasteiger partial charge < -0.3 is 39.1 Å². The van der Waals surface area contributed by atoms with Crippen LogP contribution in [0.4, 0.5) is 0 Å². The smallest absolute Gasteiger partial charge is 0.251 e. The summed E-state index contributed by atoms with van der Waals surface area (Å²) in [5.41, 5.74) is 6.89. The van der Waals surface area contributed by atoms with Gasteiger partial charge >= 0.3 is 0 Å². The largest absolute Gasteiger partial charge is 0.485 e. The number of hydrogen-bond acceptors (Lipinski definition) is 8. The number of benzene rings is 8. The SMILES string of the molecule is O=C(NCCCCCCCCCCCCNC(=O)c1cc(OCc2ccccc2)c(OCc2ccccc2)c(OCc2ccccc2)c1)c1cc(OCc2ccccc2)c(OCc2ccccc2)c(OCc2ccccc2)c1. The second-order valence-electron chi connectivity index (χ2n) is 19.3. The topological polar surface area (TPSA) is 114 Å². The van der Waals surface area contributed by atoms with Gasteiger partial charge in [0, 0.05) is 24.2 Å². The molecule has 0 heterocycles. The Balaban J connectivity index is 0.765. The van der Waals surface area contributed by atoms with E-state index >= 15 is 0 Å². The number of amides is 2. The van der Waals surface area contributed by atoms with Crippen LogP contribution < -0.4 is 39.1 Å². The predicted octanol–water partition coefficient (Wildman–Crippen LogP) is 15.2. The Labute approximate surface area is 460 Å². The van der Waals surface area contributed by atoms with Gasteiger partial charge in [-0.05, 0) is 70.5 Å². The van der Waals surface area contributed by atoms with Crippen LogP contribution in [-0.4, -0.2) is 24.9 Å². The van der Waals surface area contributed by atoms with Crippen molar-refractivity contribution in [3.05, 3.63) is 251 Å². The van der Waals surface area contributed by atoms with E-state index in [9.17, 15) is 9.59 Å². The molecule has 0 radical (unpaired) electrons. The van der Waals surface area contributed by atoms with E-state index in [0.717, 1.165) is 84.7 Å². The van der Waals surface area contributed by atoms with Crippen LogP contribution in [0.1, 0.15) is 118 Å². The Morgan fingerprint density at radius 3 is 0.705 bits per heavy atom. The zero-order chi connectivity index (χ0) is 53.7. The Bertz CT molecular complexity index is 2660. The Morgan fingerprint density at radius 2 is 0.474 bits per heavy atom. The predicted molar refractivity (Wildman–Crippen MR) is 308 cm³/mol. The summed E-state index contributed by atoms with van der Waals surface area (Å²) in [6.45, 7) is 2.98. The molecule has 0 unspecified atom stereocenters. The third-order valence-corrected chi connectivity index (χ3v) is 13.1. The molecule has 0 aliphatic rings. The lowest BCUT2D eigenvalue weighted by molar-refractivity contribution is 0.0943. The molecule has 402 valence electrons. The summed E-state index contributed by atoms with van der Waals surface area (Å²) >= 11 is 0. The van der Waals surface area contributed by atoms with Crippen LogP contribution in [0.15, 0.2) is 206 Å². The molecule has 0 aliphatic heterocycles. The van der Waals surface area contributed by atoms with Gasteiger partial charge in [-0.2, -0.15) is 0 Å². The van der Waals surface area contributed by atoms with Crippen LogP contribution in [-0.2, 0) is 39.6 Å². The zero-order valence-corrected chi connectivity index (χ0v) is 44.6. The molecule has 2 amide bonds. The van der Waals surface area contributed by atoms with Crippen molar-refractivity contribution in [2.24, 2.45) is 0 Å². The van der Waals surface area contributed by atoms with Crippen molar-refractivity contribution in [3.8, 4) is 34.5 Å². The number of rotatable bonds is 33. The summed E-state index contributed by atoms with van der Waals surface area (Å²) in [7, 11) is 0. The van der Waals surface area contributed by atoms with Crippen LogP contribution in [0.5, 0.6) is 34.5 Å². The summed E-state index contributed by atoms with van der Waals surface area (Å²) in [6.07, 6.45) is 10.7. The molecule has 0 spiro atoms. The first-order chi connectivity index (χ1) is 38.5. The van der Waals surface area contributed by atoms with E-state index in [1.165, 1.54) is 12.8 Å². The van der Waals surface area contributed by atoms with Gasteiger partial charge in [-0.25, -0.2) is 0 Å². The first-order valence-electron chi connectivity index (χ1n) is 27.5. The van der Waals surface area contributed by atoms with Gasteiger partial charge in [0.1, 0.15) is 39.6 Å². The molecule has 0 saturated heterocycles. The van der Waals surface area contributed by atoms with Crippen LogP contribution in [0.3, 0.4) is 0 Å². The molecule has 8 aromatic carbocycles. The molecular formula is C68H72N2O8. The van der Waals surface area contributed by atoms with Crippen LogP contribution in [0.2, 0.25) is 0 Å². The maximum absolute atomic E-state index is 13.7. The molecule has 0 fully saturated rings. The van der Waals surface area contributed by atoms with E-state index in [2.05, 4.69) is 10.6 Å². The van der Waals surface area contributed by atoms with Crippen LogP contribution in [0, 0.1) is 0 Å². The van der Waals surface area contributed by atoms with Gasteiger partial charge in [-0.3, -0.25) is 9.59 Å². The van der Waals surface area contributed by atoms with E-state index in [-0.39, 0.29) is 11.8 Å². The van der Waals surface area contributed by atoms with Crippen molar-refractivity contribution >= 4 is 11.8 Å². The molecule has 0 saturated carbocycles. The van der Waals surface area contributed by atoms with Crippen LogP contribution in [0.25, 0.3) is 0 Å². The lowest BCUT2D eigenvalue weighted by atomic mass is 10.1. The standard InChI is InChI=1S/C68H72N2O8/c71-67(59-43-61(73-47-53-29-15-9-16-30-53)65(77-51-57-37-23-13-24-38-57)62(44-59)74-48-54-31-17-10-18-32-54)69-41-27-7-5-3-1-2-4-6-8-28-42-70-68(72)60-45-63(75-49-55-33-19-11-20-34-55)66(78-52-58-39-25-14-26-40-58)64(46-60)76-50-56-35-21-12-22-36-56/h9-26,29-40,43-46H,1-8,27-28,41-42,47-52H2,(H,69,71)(H,70,72). The Morgan fingerprint density at radius 1 is 0.269 bits per heavy atom. The molecule has 0 atom stereocenters. The molecule has 8 aromatic rings. The quantitative estimate of drug-likeness (QED) is 0.0391. The van der Waals surface area contributed by atoms with E-state index < -0.39 is 0 Å². The lowest BCUT2D eigenvalue weighted by Crippen LogP contribution is -2.24. The third kappa shape index (κ3) is 18.7. The Hall–Kier alpha value is -8.50. The highest BCUT2D eigenvalue weighted by Crippen LogP contribution is 2.42. The normalized spacial score (nSPS) is 10.8. The maximum atomic E-state index is 13.7. The fourth-order valence-electron chi connectivity index (χ4n) is 8.80. The summed E-state index contributed by atoms with van der Waals surface area (Å²) < 4.78 is 38.4. The molecule has 2 N–H and O–H groups in total. The molecule has 10 heteroatoms. The molecule has 78 heavy (non-hydrogen) atoms. The van der Waals surface area contributed by atoms with Gasteiger partial charge in [0.25, 0.3) is 11.8 Å². The number of hydrogen-bond donors (Lipinski definition) is 2. The molecular weight excluding hydrogens is 973 g/mol. The second kappa shape index (κ2) is 31.5. The number of carbonyl (C=O) groups excluding carboxylic acids is 2. The second-order valence-corrected chi connectivity index (χ2v) is 19.3. The molecule has 0 aromatic heterocycles. The summed E-state index contributed by atoms with van der Waals surface area (Å²) in [4.78, 5) is 27.4. The van der Waals surface area contributed by atoms with Gasteiger partial charge in [-0.15, -0.1) is 0 Å². The fourth-order valence-corrected chi connectivity index (χ4v) is 8.80. The first-order valence-corrected chi connectivity index (χ1v) is 27.5. The minimum Gasteiger partial charge on any atom is -0.485 e. The first kappa shape index (κ1) is 55.7. The number of ether oxygens (including phenoxy) is 6. The van der Waals surface area contributed by atoms with Gasteiger partial charge in [0.05, 0.1) is 0 Å². The van der Waals surface area contributed by atoms with Crippen molar-refractivity contribution in [1.29, 1.82) is 0 Å². The fraction of sp³-hybridized carbons (Fsp3) is 0.265. The maximum Gasteiger partial charge on any atom is 0.251 e. The average molecular weight is 1050 g/mol. The highest BCUT2D eigenvalue weighted by molar-refractivity contribution is 5.96. The van der Waals surface area contributed by atoms with Crippen molar-refractivity contribution < 1.29 is 38.0 Å². The lowest BCUT2D eigenvalue weighted by Gasteiger charge is -2.19.